The largest absolute Gasteiger partial charge is 0.477 e. The number of amides is 2. The van der Waals surface area contributed by atoms with Crippen LogP contribution in [0.5, 0.6) is 5.88 Å². The Balaban J connectivity index is 1.33. The summed E-state index contributed by atoms with van der Waals surface area (Å²) in [5.74, 6) is 0.978. The fourth-order valence-corrected chi connectivity index (χ4v) is 3.83. The van der Waals surface area contributed by atoms with E-state index in [2.05, 4.69) is 4.98 Å². The van der Waals surface area contributed by atoms with Crippen LogP contribution >= 0.6 is 0 Å². The van der Waals surface area contributed by atoms with Crippen molar-refractivity contribution < 1.29 is 14.3 Å². The number of urea groups is 1. The molecule has 0 aromatic carbocycles. The minimum absolute atomic E-state index is 0.174. The number of hydrogen-bond donors (Lipinski definition) is 0. The average Bonchev–Trinajstić information content (AvgIpc) is 3.21. The van der Waals surface area contributed by atoms with E-state index in [1.54, 1.807) is 6.20 Å². The predicted octanol–water partition coefficient (Wildman–Crippen LogP) is 1.77. The van der Waals surface area contributed by atoms with Crippen molar-refractivity contribution in [3.8, 4) is 5.88 Å². The van der Waals surface area contributed by atoms with Crippen LogP contribution < -0.4 is 4.74 Å². The first-order valence-electron chi connectivity index (χ1n) is 8.48. The van der Waals surface area contributed by atoms with E-state index < -0.39 is 0 Å². The standard InChI is InChI=1S/C17H23N3O3/c21-16(19-8-3-4-9-19)20-12-17(13-20)14(6-10-23-17)11-22-15-5-1-2-7-18-15/h1-2,5,7,14H,3-4,6,8-13H2/t14-/m1/s1. The van der Waals surface area contributed by atoms with Crippen LogP contribution in [0.4, 0.5) is 4.79 Å². The van der Waals surface area contributed by atoms with Gasteiger partial charge in [-0.1, -0.05) is 6.07 Å². The highest BCUT2D eigenvalue weighted by Gasteiger charge is 2.55. The molecule has 6 nitrogen and oxygen atoms in total. The smallest absolute Gasteiger partial charge is 0.320 e. The van der Waals surface area contributed by atoms with Gasteiger partial charge >= 0.3 is 6.03 Å². The third-order valence-electron chi connectivity index (χ3n) is 5.23. The number of likely N-dealkylation sites (tertiary alicyclic amines) is 2. The average molecular weight is 317 g/mol. The molecule has 0 saturated carbocycles. The number of pyridine rings is 1. The summed E-state index contributed by atoms with van der Waals surface area (Å²) in [6, 6.07) is 5.84. The molecule has 3 aliphatic heterocycles. The number of nitrogens with zero attached hydrogens (tertiary/aromatic N) is 3. The Bertz CT molecular complexity index is 553. The molecule has 0 N–H and O–H groups in total. The van der Waals surface area contributed by atoms with Crippen molar-refractivity contribution in [1.82, 2.24) is 14.8 Å². The van der Waals surface area contributed by atoms with E-state index in [0.717, 1.165) is 39.0 Å². The molecule has 4 heterocycles. The lowest BCUT2D eigenvalue weighted by Crippen LogP contribution is -2.68. The van der Waals surface area contributed by atoms with Crippen LogP contribution in [-0.2, 0) is 4.74 Å². The Morgan fingerprint density at radius 3 is 2.87 bits per heavy atom. The van der Waals surface area contributed by atoms with Crippen molar-refractivity contribution in [2.75, 3.05) is 39.4 Å². The molecule has 2 amide bonds. The molecule has 0 aliphatic carbocycles. The summed E-state index contributed by atoms with van der Waals surface area (Å²) >= 11 is 0. The van der Waals surface area contributed by atoms with Gasteiger partial charge in [-0.25, -0.2) is 9.78 Å². The van der Waals surface area contributed by atoms with Gasteiger partial charge in [0.05, 0.1) is 19.7 Å². The summed E-state index contributed by atoms with van der Waals surface area (Å²) in [6.45, 7) is 4.53. The molecule has 4 rings (SSSR count). The van der Waals surface area contributed by atoms with Gasteiger partial charge in [0.15, 0.2) is 0 Å². The molecule has 124 valence electrons. The third-order valence-corrected chi connectivity index (χ3v) is 5.23. The molecule has 0 unspecified atom stereocenters. The van der Waals surface area contributed by atoms with Crippen LogP contribution in [0.25, 0.3) is 0 Å². The second-order valence-electron chi connectivity index (χ2n) is 6.71. The Kier molecular flexibility index (Phi) is 3.85. The molecule has 3 aliphatic rings. The number of rotatable bonds is 3. The summed E-state index contributed by atoms with van der Waals surface area (Å²) in [6.07, 6.45) is 4.97. The maximum Gasteiger partial charge on any atom is 0.320 e. The summed E-state index contributed by atoms with van der Waals surface area (Å²) in [5, 5.41) is 0. The molecular formula is C17H23N3O3. The summed E-state index contributed by atoms with van der Waals surface area (Å²) < 4.78 is 11.8. The molecule has 0 radical (unpaired) electrons. The van der Waals surface area contributed by atoms with Crippen LogP contribution in [0.3, 0.4) is 0 Å². The van der Waals surface area contributed by atoms with Crippen molar-refractivity contribution in [1.29, 1.82) is 0 Å². The van der Waals surface area contributed by atoms with Crippen molar-refractivity contribution in [3.05, 3.63) is 24.4 Å². The first-order chi connectivity index (χ1) is 11.3. The molecule has 1 atom stereocenters. The molecule has 3 saturated heterocycles. The van der Waals surface area contributed by atoms with Crippen molar-refractivity contribution >= 4 is 6.03 Å². The van der Waals surface area contributed by atoms with Gasteiger partial charge in [-0.05, 0) is 25.3 Å². The summed E-state index contributed by atoms with van der Waals surface area (Å²) in [7, 11) is 0. The van der Waals surface area contributed by atoms with Crippen LogP contribution in [0.2, 0.25) is 0 Å². The van der Waals surface area contributed by atoms with Gasteiger partial charge in [0.1, 0.15) is 5.60 Å². The quantitative estimate of drug-likeness (QED) is 0.852. The molecule has 6 heteroatoms. The van der Waals surface area contributed by atoms with Crippen molar-refractivity contribution in [3.63, 3.8) is 0 Å². The number of carbonyl (C=O) groups excluding carboxylic acids is 1. The normalized spacial score (nSPS) is 25.7. The molecule has 23 heavy (non-hydrogen) atoms. The number of hydrogen-bond acceptors (Lipinski definition) is 4. The van der Waals surface area contributed by atoms with E-state index in [4.69, 9.17) is 9.47 Å². The summed E-state index contributed by atoms with van der Waals surface area (Å²) in [4.78, 5) is 20.5. The lowest BCUT2D eigenvalue weighted by atomic mass is 9.81. The molecule has 3 fully saturated rings. The Morgan fingerprint density at radius 1 is 1.30 bits per heavy atom. The fourth-order valence-electron chi connectivity index (χ4n) is 3.83. The van der Waals surface area contributed by atoms with Crippen LogP contribution in [0, 0.1) is 5.92 Å². The highest BCUT2D eigenvalue weighted by Crippen LogP contribution is 2.40. The fraction of sp³-hybridized carbons (Fsp3) is 0.647. The van der Waals surface area contributed by atoms with Gasteiger partial charge in [0.2, 0.25) is 5.88 Å². The molecule has 1 aromatic rings. The van der Waals surface area contributed by atoms with Crippen LogP contribution in [-0.4, -0.2) is 65.8 Å². The van der Waals surface area contributed by atoms with E-state index >= 15 is 0 Å². The van der Waals surface area contributed by atoms with E-state index in [1.165, 1.54) is 0 Å². The van der Waals surface area contributed by atoms with Crippen molar-refractivity contribution in [2.45, 2.75) is 24.9 Å². The number of aromatic nitrogens is 1. The second kappa shape index (κ2) is 6.00. The first kappa shape index (κ1) is 14.8. The van der Waals surface area contributed by atoms with Gasteiger partial charge in [0.25, 0.3) is 0 Å². The third kappa shape index (κ3) is 2.76. The monoisotopic (exact) mass is 317 g/mol. The predicted molar refractivity (Wildman–Crippen MR) is 84.3 cm³/mol. The number of ether oxygens (including phenoxy) is 2. The van der Waals surface area contributed by atoms with Gasteiger partial charge in [-0.3, -0.25) is 0 Å². The second-order valence-corrected chi connectivity index (χ2v) is 6.71. The van der Waals surface area contributed by atoms with Gasteiger partial charge < -0.3 is 19.3 Å². The minimum Gasteiger partial charge on any atom is -0.477 e. The maximum absolute atomic E-state index is 12.4. The van der Waals surface area contributed by atoms with Crippen LogP contribution in [0.15, 0.2) is 24.4 Å². The zero-order valence-electron chi connectivity index (χ0n) is 13.3. The molecular weight excluding hydrogens is 294 g/mol. The van der Waals surface area contributed by atoms with Gasteiger partial charge in [-0.2, -0.15) is 0 Å². The molecule has 1 aromatic heterocycles. The zero-order chi connectivity index (χ0) is 15.7. The van der Waals surface area contributed by atoms with E-state index in [9.17, 15) is 4.79 Å². The lowest BCUT2D eigenvalue weighted by Gasteiger charge is -2.50. The Morgan fingerprint density at radius 2 is 2.13 bits per heavy atom. The Labute approximate surface area is 136 Å². The maximum atomic E-state index is 12.4. The van der Waals surface area contributed by atoms with Crippen molar-refractivity contribution in [2.24, 2.45) is 5.92 Å². The van der Waals surface area contributed by atoms with E-state index in [0.29, 0.717) is 31.5 Å². The zero-order valence-corrected chi connectivity index (χ0v) is 13.3. The Hall–Kier alpha value is -1.82. The molecule has 1 spiro atoms. The first-order valence-corrected chi connectivity index (χ1v) is 8.48. The number of carbonyl (C=O) groups is 1. The van der Waals surface area contributed by atoms with Crippen LogP contribution in [0.1, 0.15) is 19.3 Å². The van der Waals surface area contributed by atoms with Gasteiger partial charge in [0, 0.05) is 37.9 Å². The molecule has 0 bridgehead atoms. The minimum atomic E-state index is -0.204. The van der Waals surface area contributed by atoms with Gasteiger partial charge in [-0.15, -0.1) is 0 Å². The topological polar surface area (TPSA) is 54.9 Å². The highest BCUT2D eigenvalue weighted by atomic mass is 16.5. The van der Waals surface area contributed by atoms with E-state index in [1.807, 2.05) is 28.0 Å². The van der Waals surface area contributed by atoms with E-state index in [-0.39, 0.29) is 11.6 Å². The SMILES string of the molecule is O=C(N1CCCC1)N1CC2(C1)OCC[C@@H]2COc1ccccn1. The lowest BCUT2D eigenvalue weighted by molar-refractivity contribution is -0.122. The summed E-state index contributed by atoms with van der Waals surface area (Å²) in [5.41, 5.74) is -0.204. The highest BCUT2D eigenvalue weighted by molar-refractivity contribution is 5.76.